The Morgan fingerprint density at radius 1 is 1.27 bits per heavy atom. The highest BCUT2D eigenvalue weighted by Gasteiger charge is 2.14. The maximum absolute atomic E-state index is 12.3. The van der Waals surface area contributed by atoms with Crippen molar-refractivity contribution < 1.29 is 9.47 Å². The fourth-order valence-electron chi connectivity index (χ4n) is 2.28. The number of H-pyrrole nitrogens is 1. The van der Waals surface area contributed by atoms with Crippen molar-refractivity contribution >= 4 is 11.8 Å². The summed E-state index contributed by atoms with van der Waals surface area (Å²) < 4.78 is 10.6. The minimum absolute atomic E-state index is 0.0888. The van der Waals surface area contributed by atoms with Crippen molar-refractivity contribution in [3.05, 3.63) is 45.4 Å². The number of benzene rings is 1. The number of nitrogens with zero attached hydrogens (tertiary/aromatic N) is 1. The van der Waals surface area contributed by atoms with Crippen molar-refractivity contribution in [2.75, 3.05) is 20.5 Å². The van der Waals surface area contributed by atoms with Gasteiger partial charge >= 0.3 is 0 Å². The summed E-state index contributed by atoms with van der Waals surface area (Å²) in [5.74, 6) is 1.43. The maximum atomic E-state index is 12.3. The van der Waals surface area contributed by atoms with Crippen LogP contribution in [0.5, 0.6) is 11.5 Å². The molecule has 22 heavy (non-hydrogen) atoms. The first-order valence-electron chi connectivity index (χ1n) is 6.99. The SMILES string of the molecule is CCc1nc(SC)[nH]c(=O)c1Cc1ccc(OC)cc1OC. The molecule has 6 heteroatoms. The molecule has 2 rings (SSSR count). The van der Waals surface area contributed by atoms with Crippen molar-refractivity contribution in [3.63, 3.8) is 0 Å². The van der Waals surface area contributed by atoms with Gasteiger partial charge in [0.05, 0.1) is 19.9 Å². The third kappa shape index (κ3) is 3.44. The zero-order valence-corrected chi connectivity index (χ0v) is 14.0. The molecule has 0 spiro atoms. The first-order chi connectivity index (χ1) is 10.6. The number of thioether (sulfide) groups is 1. The molecule has 1 N–H and O–H groups in total. The fourth-order valence-corrected chi connectivity index (χ4v) is 2.68. The molecule has 0 bridgehead atoms. The van der Waals surface area contributed by atoms with E-state index in [-0.39, 0.29) is 5.56 Å². The largest absolute Gasteiger partial charge is 0.497 e. The molecule has 0 aliphatic rings. The van der Waals surface area contributed by atoms with Crippen LogP contribution in [0.4, 0.5) is 0 Å². The topological polar surface area (TPSA) is 64.2 Å². The molecule has 0 saturated carbocycles. The average molecular weight is 320 g/mol. The van der Waals surface area contributed by atoms with Crippen LogP contribution in [0.3, 0.4) is 0 Å². The van der Waals surface area contributed by atoms with Crippen LogP contribution < -0.4 is 15.0 Å². The summed E-state index contributed by atoms with van der Waals surface area (Å²) in [4.78, 5) is 19.6. The van der Waals surface area contributed by atoms with E-state index in [0.717, 1.165) is 17.0 Å². The van der Waals surface area contributed by atoms with Gasteiger partial charge in [-0.2, -0.15) is 0 Å². The van der Waals surface area contributed by atoms with Crippen molar-refractivity contribution in [1.82, 2.24) is 9.97 Å². The van der Waals surface area contributed by atoms with Gasteiger partial charge in [0.15, 0.2) is 5.16 Å². The van der Waals surface area contributed by atoms with Gasteiger partial charge in [-0.3, -0.25) is 4.79 Å². The van der Waals surface area contributed by atoms with Gasteiger partial charge < -0.3 is 14.5 Å². The predicted molar refractivity (Wildman–Crippen MR) is 88.4 cm³/mol. The lowest BCUT2D eigenvalue weighted by atomic mass is 10.0. The van der Waals surface area contributed by atoms with Crippen LogP contribution in [0, 0.1) is 0 Å². The van der Waals surface area contributed by atoms with Gasteiger partial charge in [0.1, 0.15) is 11.5 Å². The smallest absolute Gasteiger partial charge is 0.255 e. The van der Waals surface area contributed by atoms with E-state index in [4.69, 9.17) is 9.47 Å². The van der Waals surface area contributed by atoms with Crippen LogP contribution in [0.25, 0.3) is 0 Å². The zero-order valence-electron chi connectivity index (χ0n) is 13.2. The summed E-state index contributed by atoms with van der Waals surface area (Å²) in [5, 5.41) is 0.646. The molecule has 0 saturated heterocycles. The molecule has 5 nitrogen and oxygen atoms in total. The minimum atomic E-state index is -0.0888. The van der Waals surface area contributed by atoms with Gasteiger partial charge in [0.25, 0.3) is 5.56 Å². The highest BCUT2D eigenvalue weighted by Crippen LogP contribution is 2.26. The van der Waals surface area contributed by atoms with Crippen LogP contribution >= 0.6 is 11.8 Å². The standard InChI is InChI=1S/C16H20N2O3S/c1-5-13-12(15(19)18-16(17-13)22-4)8-10-6-7-11(20-2)9-14(10)21-3/h6-7,9H,5,8H2,1-4H3,(H,17,18,19). The number of ether oxygens (including phenoxy) is 2. The number of aromatic nitrogens is 2. The summed E-state index contributed by atoms with van der Waals surface area (Å²) in [5.41, 5.74) is 2.35. The number of aryl methyl sites for hydroxylation is 1. The lowest BCUT2D eigenvalue weighted by molar-refractivity contribution is 0.391. The second-order valence-electron chi connectivity index (χ2n) is 4.71. The number of hydrogen-bond acceptors (Lipinski definition) is 5. The third-order valence-corrected chi connectivity index (χ3v) is 4.05. The Labute approximate surface area is 134 Å². The highest BCUT2D eigenvalue weighted by atomic mass is 32.2. The Bertz CT molecular complexity index is 713. The molecular formula is C16H20N2O3S. The molecule has 0 aliphatic heterocycles. The van der Waals surface area contributed by atoms with Gasteiger partial charge in [0, 0.05) is 18.1 Å². The van der Waals surface area contributed by atoms with Crippen LogP contribution in [0.1, 0.15) is 23.7 Å². The second kappa shape index (κ2) is 7.35. The Morgan fingerprint density at radius 3 is 2.64 bits per heavy atom. The van der Waals surface area contributed by atoms with Gasteiger partial charge in [-0.15, -0.1) is 0 Å². The molecule has 0 aliphatic carbocycles. The van der Waals surface area contributed by atoms with Crippen molar-refractivity contribution in [2.45, 2.75) is 24.9 Å². The molecule has 1 aromatic carbocycles. The van der Waals surface area contributed by atoms with Gasteiger partial charge in [0.2, 0.25) is 0 Å². The molecule has 0 unspecified atom stereocenters. The summed E-state index contributed by atoms with van der Waals surface area (Å²) in [6.07, 6.45) is 3.09. The van der Waals surface area contributed by atoms with Crippen molar-refractivity contribution in [2.24, 2.45) is 0 Å². The Kier molecular flexibility index (Phi) is 5.49. The minimum Gasteiger partial charge on any atom is -0.497 e. The van der Waals surface area contributed by atoms with Gasteiger partial charge in [-0.05, 0) is 24.3 Å². The quantitative estimate of drug-likeness (QED) is 0.655. The molecule has 2 aromatic rings. The number of rotatable bonds is 6. The monoisotopic (exact) mass is 320 g/mol. The first kappa shape index (κ1) is 16.4. The van der Waals surface area contributed by atoms with E-state index in [0.29, 0.717) is 29.3 Å². The molecule has 1 heterocycles. The predicted octanol–water partition coefficient (Wildman–Crippen LogP) is 2.66. The summed E-state index contributed by atoms with van der Waals surface area (Å²) >= 11 is 1.43. The Morgan fingerprint density at radius 2 is 2.05 bits per heavy atom. The molecule has 0 fully saturated rings. The van der Waals surface area contributed by atoms with Gasteiger partial charge in [-0.25, -0.2) is 4.98 Å². The molecular weight excluding hydrogens is 300 g/mol. The fraction of sp³-hybridized carbons (Fsp3) is 0.375. The zero-order chi connectivity index (χ0) is 16.1. The molecule has 1 aromatic heterocycles. The van der Waals surface area contributed by atoms with Crippen LogP contribution in [-0.4, -0.2) is 30.4 Å². The van der Waals surface area contributed by atoms with Gasteiger partial charge in [-0.1, -0.05) is 24.8 Å². The molecule has 0 amide bonds. The van der Waals surface area contributed by atoms with E-state index in [9.17, 15) is 4.79 Å². The van der Waals surface area contributed by atoms with E-state index in [2.05, 4.69) is 9.97 Å². The normalized spacial score (nSPS) is 10.5. The third-order valence-electron chi connectivity index (χ3n) is 3.47. The maximum Gasteiger partial charge on any atom is 0.255 e. The molecule has 118 valence electrons. The summed E-state index contributed by atoms with van der Waals surface area (Å²) in [7, 11) is 3.22. The van der Waals surface area contributed by atoms with Crippen LogP contribution in [-0.2, 0) is 12.8 Å². The van der Waals surface area contributed by atoms with Crippen molar-refractivity contribution in [3.8, 4) is 11.5 Å². The van der Waals surface area contributed by atoms with E-state index < -0.39 is 0 Å². The first-order valence-corrected chi connectivity index (χ1v) is 8.22. The molecule has 0 atom stereocenters. The van der Waals surface area contributed by atoms with Crippen molar-refractivity contribution in [1.29, 1.82) is 0 Å². The number of nitrogens with one attached hydrogen (secondary N) is 1. The molecule has 0 radical (unpaired) electrons. The van der Waals surface area contributed by atoms with Crippen LogP contribution in [0.15, 0.2) is 28.2 Å². The number of hydrogen-bond donors (Lipinski definition) is 1. The van der Waals surface area contributed by atoms with Crippen LogP contribution in [0.2, 0.25) is 0 Å². The summed E-state index contributed by atoms with van der Waals surface area (Å²) in [6, 6.07) is 5.60. The van der Waals surface area contributed by atoms with E-state index >= 15 is 0 Å². The Hall–Kier alpha value is -1.95. The average Bonchev–Trinajstić information content (AvgIpc) is 2.56. The van der Waals surface area contributed by atoms with E-state index in [1.807, 2.05) is 31.4 Å². The second-order valence-corrected chi connectivity index (χ2v) is 5.50. The highest BCUT2D eigenvalue weighted by molar-refractivity contribution is 7.98. The van der Waals surface area contributed by atoms with E-state index in [1.165, 1.54) is 11.8 Å². The number of aromatic amines is 1. The lowest BCUT2D eigenvalue weighted by Gasteiger charge is -2.12. The Balaban J connectivity index is 2.45. The van der Waals surface area contributed by atoms with E-state index in [1.54, 1.807) is 14.2 Å². The lowest BCUT2D eigenvalue weighted by Crippen LogP contribution is -2.19. The summed E-state index contributed by atoms with van der Waals surface area (Å²) in [6.45, 7) is 2.00. The number of methoxy groups -OCH3 is 2.